The number of non-ortho nitro benzene ring substituents is 1. The van der Waals surface area contributed by atoms with Gasteiger partial charge in [-0.1, -0.05) is 32.8 Å². The van der Waals surface area contributed by atoms with Gasteiger partial charge in [-0.3, -0.25) is 24.5 Å². The van der Waals surface area contributed by atoms with E-state index in [2.05, 4.69) is 24.5 Å². The molecule has 4 atom stereocenters. The molecule has 9 heteroatoms. The number of ether oxygens (including phenoxy) is 1. The van der Waals surface area contributed by atoms with Crippen LogP contribution >= 0.6 is 0 Å². The van der Waals surface area contributed by atoms with E-state index in [1.54, 1.807) is 0 Å². The lowest BCUT2D eigenvalue weighted by atomic mass is 9.78. The van der Waals surface area contributed by atoms with E-state index >= 15 is 0 Å². The fraction of sp³-hybridized carbons (Fsp3) is 0.550. The Morgan fingerprint density at radius 1 is 1.28 bits per heavy atom. The van der Waals surface area contributed by atoms with Crippen molar-refractivity contribution in [1.29, 1.82) is 0 Å². The van der Waals surface area contributed by atoms with E-state index < -0.39 is 29.4 Å². The highest BCUT2D eigenvalue weighted by molar-refractivity contribution is 5.96. The maximum atomic E-state index is 12.3. The van der Waals surface area contributed by atoms with Crippen LogP contribution in [0.25, 0.3) is 0 Å². The number of esters is 1. The molecule has 1 fully saturated rings. The van der Waals surface area contributed by atoms with E-state index in [0.29, 0.717) is 11.8 Å². The molecule has 9 nitrogen and oxygen atoms in total. The smallest absolute Gasteiger partial charge is 0.326 e. The predicted molar refractivity (Wildman–Crippen MR) is 105 cm³/mol. The van der Waals surface area contributed by atoms with Gasteiger partial charge in [0.1, 0.15) is 6.54 Å². The van der Waals surface area contributed by atoms with Crippen molar-refractivity contribution in [1.82, 2.24) is 10.6 Å². The summed E-state index contributed by atoms with van der Waals surface area (Å²) in [6.45, 7) is 5.30. The van der Waals surface area contributed by atoms with Crippen molar-refractivity contribution < 1.29 is 24.0 Å². The zero-order valence-corrected chi connectivity index (χ0v) is 16.8. The average molecular weight is 405 g/mol. The zero-order chi connectivity index (χ0) is 21.6. The number of hydrogen-bond donors (Lipinski definition) is 2. The number of benzene rings is 1. The number of nitro benzene ring substituents is 1. The largest absolute Gasteiger partial charge is 0.451 e. The summed E-state index contributed by atoms with van der Waals surface area (Å²) in [4.78, 5) is 46.5. The zero-order valence-electron chi connectivity index (χ0n) is 16.8. The van der Waals surface area contributed by atoms with Crippen LogP contribution in [0.15, 0.2) is 24.3 Å². The number of nitrogens with one attached hydrogen (secondary N) is 2. The van der Waals surface area contributed by atoms with Crippen molar-refractivity contribution in [3.63, 3.8) is 0 Å². The molecule has 29 heavy (non-hydrogen) atoms. The molecule has 1 aromatic rings. The van der Waals surface area contributed by atoms with E-state index in [0.717, 1.165) is 25.3 Å². The number of rotatable bonds is 7. The summed E-state index contributed by atoms with van der Waals surface area (Å²) in [5.74, 6) is -0.903. The summed E-state index contributed by atoms with van der Waals surface area (Å²) in [5.41, 5.74) is -0.171. The number of carbonyl (C=O) groups is 3. The molecule has 0 aromatic heterocycles. The Hall–Kier alpha value is -2.97. The van der Waals surface area contributed by atoms with Crippen molar-refractivity contribution in [3.05, 3.63) is 39.9 Å². The SMILES string of the molecule is C[C@@H]1[C@H](C)CCC[C@@H]1NC(=O)[C@@H](C)OC(=O)CNC(=O)c1cccc([N+](=O)[O-])c1. The monoisotopic (exact) mass is 405 g/mol. The molecule has 2 amide bonds. The maximum Gasteiger partial charge on any atom is 0.326 e. The Bertz CT molecular complexity index is 781. The fourth-order valence-electron chi connectivity index (χ4n) is 3.39. The molecule has 0 heterocycles. The van der Waals surface area contributed by atoms with Gasteiger partial charge in [-0.25, -0.2) is 0 Å². The maximum absolute atomic E-state index is 12.3. The van der Waals surface area contributed by atoms with Gasteiger partial charge < -0.3 is 15.4 Å². The standard InChI is InChI=1S/C20H27N3O6/c1-12-6-4-9-17(13(12)2)22-19(25)14(3)29-18(24)11-21-20(26)15-7-5-8-16(10-15)23(27)28/h5,7-8,10,12-14,17H,4,6,9,11H2,1-3H3,(H,21,26)(H,22,25)/t12-,13-,14-,17+/m1/s1. The topological polar surface area (TPSA) is 128 Å². The number of carbonyl (C=O) groups excluding carboxylic acids is 3. The van der Waals surface area contributed by atoms with E-state index in [9.17, 15) is 24.5 Å². The molecule has 1 aromatic carbocycles. The number of nitrogens with zero attached hydrogens (tertiary/aromatic N) is 1. The second-order valence-electron chi connectivity index (χ2n) is 7.50. The lowest BCUT2D eigenvalue weighted by Crippen LogP contribution is -2.48. The Morgan fingerprint density at radius 3 is 2.69 bits per heavy atom. The van der Waals surface area contributed by atoms with Crippen LogP contribution in [-0.2, 0) is 14.3 Å². The van der Waals surface area contributed by atoms with Gasteiger partial charge in [0.25, 0.3) is 17.5 Å². The molecule has 1 aliphatic rings. The summed E-state index contributed by atoms with van der Waals surface area (Å²) in [6.07, 6.45) is 2.11. The van der Waals surface area contributed by atoms with E-state index in [-0.39, 0.29) is 23.2 Å². The lowest BCUT2D eigenvalue weighted by Gasteiger charge is -2.35. The highest BCUT2D eigenvalue weighted by Crippen LogP contribution is 2.29. The minimum Gasteiger partial charge on any atom is -0.451 e. The first kappa shape index (κ1) is 22.3. The van der Waals surface area contributed by atoms with Gasteiger partial charge in [-0.05, 0) is 31.2 Å². The molecule has 2 N–H and O–H groups in total. The van der Waals surface area contributed by atoms with Crippen molar-refractivity contribution in [2.75, 3.05) is 6.54 Å². The van der Waals surface area contributed by atoms with Gasteiger partial charge in [0.2, 0.25) is 0 Å². The summed E-state index contributed by atoms with van der Waals surface area (Å²) in [5, 5.41) is 16.0. The summed E-state index contributed by atoms with van der Waals surface area (Å²) >= 11 is 0. The first-order chi connectivity index (χ1) is 13.7. The Labute approximate surface area is 169 Å². The Morgan fingerprint density at radius 2 is 2.00 bits per heavy atom. The van der Waals surface area contributed by atoms with Gasteiger partial charge in [0.05, 0.1) is 4.92 Å². The van der Waals surface area contributed by atoms with Crippen LogP contribution in [-0.4, -0.2) is 41.4 Å². The normalized spacial score (nSPS) is 22.2. The third kappa shape index (κ3) is 6.27. The molecule has 0 radical (unpaired) electrons. The average Bonchev–Trinajstić information content (AvgIpc) is 2.69. The van der Waals surface area contributed by atoms with Crippen LogP contribution in [0.3, 0.4) is 0 Å². The van der Waals surface area contributed by atoms with Crippen LogP contribution in [0.5, 0.6) is 0 Å². The van der Waals surface area contributed by atoms with Crippen molar-refractivity contribution in [2.45, 2.75) is 52.2 Å². The molecule has 0 spiro atoms. The summed E-state index contributed by atoms with van der Waals surface area (Å²) < 4.78 is 5.09. The van der Waals surface area contributed by atoms with Crippen LogP contribution in [0, 0.1) is 22.0 Å². The van der Waals surface area contributed by atoms with E-state index in [1.165, 1.54) is 25.1 Å². The number of nitro groups is 1. The molecule has 1 saturated carbocycles. The first-order valence-electron chi connectivity index (χ1n) is 9.71. The second kappa shape index (κ2) is 9.99. The minimum absolute atomic E-state index is 0.0539. The third-order valence-corrected chi connectivity index (χ3v) is 5.42. The second-order valence-corrected chi connectivity index (χ2v) is 7.50. The summed E-state index contributed by atoms with van der Waals surface area (Å²) in [6, 6.07) is 5.21. The predicted octanol–water partition coefficient (Wildman–Crippen LogP) is 2.20. The van der Waals surface area contributed by atoms with Gasteiger partial charge in [-0.2, -0.15) is 0 Å². The fourth-order valence-corrected chi connectivity index (χ4v) is 3.39. The van der Waals surface area contributed by atoms with Crippen LogP contribution in [0.2, 0.25) is 0 Å². The minimum atomic E-state index is -0.985. The highest BCUT2D eigenvalue weighted by Gasteiger charge is 2.30. The molecule has 0 bridgehead atoms. The van der Waals surface area contributed by atoms with Gasteiger partial charge in [0.15, 0.2) is 6.10 Å². The molecule has 158 valence electrons. The molecular weight excluding hydrogens is 378 g/mol. The Balaban J connectivity index is 1.80. The summed E-state index contributed by atoms with van der Waals surface area (Å²) in [7, 11) is 0. The van der Waals surface area contributed by atoms with Gasteiger partial charge >= 0.3 is 5.97 Å². The molecule has 1 aliphatic carbocycles. The van der Waals surface area contributed by atoms with Crippen molar-refractivity contribution in [3.8, 4) is 0 Å². The van der Waals surface area contributed by atoms with E-state index in [4.69, 9.17) is 4.74 Å². The molecule has 2 rings (SSSR count). The first-order valence-corrected chi connectivity index (χ1v) is 9.71. The number of hydrogen-bond acceptors (Lipinski definition) is 6. The lowest BCUT2D eigenvalue weighted by molar-refractivity contribution is -0.384. The molecule has 0 unspecified atom stereocenters. The molecule has 0 saturated heterocycles. The quantitative estimate of drug-likeness (QED) is 0.407. The van der Waals surface area contributed by atoms with Crippen LogP contribution < -0.4 is 10.6 Å². The highest BCUT2D eigenvalue weighted by atomic mass is 16.6. The van der Waals surface area contributed by atoms with E-state index in [1.807, 2.05) is 0 Å². The molecular formula is C20H27N3O6. The third-order valence-electron chi connectivity index (χ3n) is 5.42. The van der Waals surface area contributed by atoms with Crippen molar-refractivity contribution >= 4 is 23.5 Å². The van der Waals surface area contributed by atoms with Gasteiger partial charge in [0, 0.05) is 23.7 Å². The van der Waals surface area contributed by atoms with Crippen LogP contribution in [0.1, 0.15) is 50.4 Å². The molecule has 0 aliphatic heterocycles. The Kier molecular flexibility index (Phi) is 7.69. The van der Waals surface area contributed by atoms with Crippen molar-refractivity contribution in [2.24, 2.45) is 11.8 Å². The number of amides is 2. The van der Waals surface area contributed by atoms with Gasteiger partial charge in [-0.15, -0.1) is 0 Å². The van der Waals surface area contributed by atoms with Crippen LogP contribution in [0.4, 0.5) is 5.69 Å².